The number of urea groups is 1. The van der Waals surface area contributed by atoms with Crippen molar-refractivity contribution in [3.05, 3.63) is 47.3 Å². The molecular formula is C27H34N4O3. The quantitative estimate of drug-likeness (QED) is 0.643. The lowest BCUT2D eigenvalue weighted by Crippen LogP contribution is -2.74. The van der Waals surface area contributed by atoms with E-state index < -0.39 is 22.9 Å². The topological polar surface area (TPSA) is 74.6 Å². The second kappa shape index (κ2) is 7.72. The molecule has 4 amide bonds. The van der Waals surface area contributed by atoms with Crippen molar-refractivity contribution in [3.63, 3.8) is 0 Å². The largest absolute Gasteiger partial charge is 0.367 e. The third-order valence-electron chi connectivity index (χ3n) is 7.78. The minimum absolute atomic E-state index is 0.270. The van der Waals surface area contributed by atoms with Crippen LogP contribution in [-0.4, -0.2) is 45.4 Å². The molecule has 1 spiro atoms. The Balaban J connectivity index is 1.70. The number of benzene rings is 1. The lowest BCUT2D eigenvalue weighted by atomic mass is 9.67. The fraction of sp³-hybridized carbons (Fsp3) is 0.519. The number of nitrogens with zero attached hydrogens (tertiary/aromatic N) is 3. The molecule has 1 N–H and O–H groups in total. The maximum Gasteiger partial charge on any atom is 0.331 e. The summed E-state index contributed by atoms with van der Waals surface area (Å²) in [5.41, 5.74) is 3.32. The highest BCUT2D eigenvalue weighted by atomic mass is 16.2. The van der Waals surface area contributed by atoms with Crippen molar-refractivity contribution in [1.82, 2.24) is 14.8 Å². The molecule has 3 aliphatic rings. The van der Waals surface area contributed by atoms with Gasteiger partial charge in [0.15, 0.2) is 5.41 Å². The number of hydrogen-bond acceptors (Lipinski definition) is 4. The Morgan fingerprint density at radius 3 is 2.35 bits per heavy atom. The third-order valence-corrected chi connectivity index (χ3v) is 7.78. The Bertz CT molecular complexity index is 1170. The number of amides is 4. The van der Waals surface area contributed by atoms with Gasteiger partial charge in [-0.15, -0.1) is 0 Å². The molecule has 1 aromatic heterocycles. The molecule has 7 nitrogen and oxygen atoms in total. The first-order valence-electron chi connectivity index (χ1n) is 12.3. The van der Waals surface area contributed by atoms with Crippen LogP contribution in [0.2, 0.25) is 0 Å². The van der Waals surface area contributed by atoms with Gasteiger partial charge in [-0.3, -0.25) is 19.8 Å². The summed E-state index contributed by atoms with van der Waals surface area (Å²) in [7, 11) is 0. The van der Waals surface area contributed by atoms with Gasteiger partial charge in [-0.1, -0.05) is 12.8 Å². The summed E-state index contributed by atoms with van der Waals surface area (Å²) < 4.78 is 2.19. The molecule has 0 unspecified atom stereocenters. The molecule has 4 heterocycles. The molecule has 2 fully saturated rings. The number of imide groups is 2. The molecular weight excluding hydrogens is 428 g/mol. The zero-order valence-corrected chi connectivity index (χ0v) is 20.8. The van der Waals surface area contributed by atoms with E-state index in [0.29, 0.717) is 6.42 Å². The van der Waals surface area contributed by atoms with Crippen LogP contribution < -0.4 is 10.2 Å². The number of anilines is 1. The van der Waals surface area contributed by atoms with Crippen LogP contribution in [0.4, 0.5) is 10.5 Å². The highest BCUT2D eigenvalue weighted by Crippen LogP contribution is 2.48. The Kier molecular flexibility index (Phi) is 5.15. The van der Waals surface area contributed by atoms with Gasteiger partial charge in [0, 0.05) is 34.8 Å². The van der Waals surface area contributed by atoms with Gasteiger partial charge in [-0.05, 0) is 89.8 Å². The molecule has 1 aromatic carbocycles. The minimum atomic E-state index is -1.32. The van der Waals surface area contributed by atoms with E-state index in [1.54, 1.807) is 0 Å². The average Bonchev–Trinajstić information content (AvgIpc) is 2.94. The van der Waals surface area contributed by atoms with E-state index in [9.17, 15) is 14.4 Å². The van der Waals surface area contributed by atoms with Crippen molar-refractivity contribution >= 4 is 23.5 Å². The summed E-state index contributed by atoms with van der Waals surface area (Å²) in [6.07, 6.45) is 4.09. The SMILES string of the molecule is Cc1ccc(C)n1-c1ccc2c(c1)C[C@@]1(C(=O)NC(=O)N(C(C)(C)C)C1=O)[C@@H]1CCCCCN21. The minimum Gasteiger partial charge on any atom is -0.367 e. The lowest BCUT2D eigenvalue weighted by molar-refractivity contribution is -0.156. The second-order valence-corrected chi connectivity index (χ2v) is 11.0. The van der Waals surface area contributed by atoms with Gasteiger partial charge in [0.2, 0.25) is 11.8 Å². The molecule has 180 valence electrons. The van der Waals surface area contributed by atoms with Gasteiger partial charge in [0.1, 0.15) is 0 Å². The van der Waals surface area contributed by atoms with Crippen LogP contribution in [0.15, 0.2) is 30.3 Å². The number of hydrogen-bond donors (Lipinski definition) is 1. The van der Waals surface area contributed by atoms with Crippen LogP contribution in [0.3, 0.4) is 0 Å². The Morgan fingerprint density at radius 2 is 1.68 bits per heavy atom. The van der Waals surface area contributed by atoms with Crippen LogP contribution >= 0.6 is 0 Å². The molecule has 0 radical (unpaired) electrons. The number of carbonyl (C=O) groups excluding carboxylic acids is 3. The van der Waals surface area contributed by atoms with Gasteiger partial charge in [-0.25, -0.2) is 4.79 Å². The summed E-state index contributed by atoms with van der Waals surface area (Å²) >= 11 is 0. The van der Waals surface area contributed by atoms with Crippen LogP contribution in [-0.2, 0) is 16.0 Å². The first-order chi connectivity index (χ1) is 16.1. The molecule has 2 aromatic rings. The van der Waals surface area contributed by atoms with E-state index in [1.165, 1.54) is 4.90 Å². The van der Waals surface area contributed by atoms with Gasteiger partial charge in [-0.2, -0.15) is 0 Å². The number of rotatable bonds is 1. The summed E-state index contributed by atoms with van der Waals surface area (Å²) in [6.45, 7) is 10.5. The van der Waals surface area contributed by atoms with Crippen molar-refractivity contribution in [2.45, 2.75) is 78.3 Å². The molecule has 0 saturated carbocycles. The Morgan fingerprint density at radius 1 is 0.971 bits per heavy atom. The van der Waals surface area contributed by atoms with Crippen molar-refractivity contribution in [1.29, 1.82) is 0 Å². The molecule has 0 bridgehead atoms. The van der Waals surface area contributed by atoms with Crippen LogP contribution in [0, 0.1) is 19.3 Å². The maximum absolute atomic E-state index is 14.2. The van der Waals surface area contributed by atoms with Crippen LogP contribution in [0.5, 0.6) is 0 Å². The smallest absolute Gasteiger partial charge is 0.331 e. The second-order valence-electron chi connectivity index (χ2n) is 11.0. The van der Waals surface area contributed by atoms with E-state index in [-0.39, 0.29) is 11.9 Å². The van der Waals surface area contributed by atoms with E-state index in [1.807, 2.05) is 20.8 Å². The zero-order valence-electron chi connectivity index (χ0n) is 20.8. The normalized spacial score (nSPS) is 25.2. The molecule has 2 saturated heterocycles. The Labute approximate surface area is 201 Å². The summed E-state index contributed by atoms with van der Waals surface area (Å²) in [5.74, 6) is -0.820. The molecule has 5 rings (SSSR count). The first-order valence-corrected chi connectivity index (χ1v) is 12.3. The lowest BCUT2D eigenvalue weighted by Gasteiger charge is -2.53. The van der Waals surface area contributed by atoms with Crippen molar-refractivity contribution in [2.24, 2.45) is 5.41 Å². The molecule has 7 heteroatoms. The van der Waals surface area contributed by atoms with Crippen molar-refractivity contribution in [3.8, 4) is 5.69 Å². The maximum atomic E-state index is 14.2. The fourth-order valence-electron chi connectivity index (χ4n) is 6.25. The van der Waals surface area contributed by atoms with Gasteiger partial charge < -0.3 is 9.47 Å². The van der Waals surface area contributed by atoms with E-state index >= 15 is 0 Å². The average molecular weight is 463 g/mol. The fourth-order valence-corrected chi connectivity index (χ4v) is 6.25. The monoisotopic (exact) mass is 462 g/mol. The summed E-state index contributed by atoms with van der Waals surface area (Å²) in [5, 5.41) is 2.57. The van der Waals surface area contributed by atoms with Crippen LogP contribution in [0.1, 0.15) is 63.4 Å². The number of fused-ring (bicyclic) bond motifs is 4. The van der Waals surface area contributed by atoms with Crippen molar-refractivity contribution < 1.29 is 14.4 Å². The van der Waals surface area contributed by atoms with E-state index in [4.69, 9.17) is 0 Å². The van der Waals surface area contributed by atoms with E-state index in [0.717, 1.165) is 60.6 Å². The molecule has 2 atom stereocenters. The molecule has 3 aliphatic heterocycles. The van der Waals surface area contributed by atoms with E-state index in [2.05, 4.69) is 59.0 Å². The third kappa shape index (κ3) is 3.20. The predicted octanol–water partition coefficient (Wildman–Crippen LogP) is 4.26. The van der Waals surface area contributed by atoms with Crippen LogP contribution in [0.25, 0.3) is 5.69 Å². The predicted molar refractivity (Wildman–Crippen MR) is 131 cm³/mol. The van der Waals surface area contributed by atoms with Gasteiger partial charge >= 0.3 is 6.03 Å². The molecule has 34 heavy (non-hydrogen) atoms. The number of carbonyl (C=O) groups is 3. The summed E-state index contributed by atoms with van der Waals surface area (Å²) in [6, 6.07) is 9.69. The van der Waals surface area contributed by atoms with Gasteiger partial charge in [0.25, 0.3) is 0 Å². The first kappa shape index (κ1) is 22.7. The standard InChI is InChI=1S/C27H34N4O3/c1-17-10-11-18(2)30(17)20-12-13-21-19(15-20)16-27(22-9-7-6-8-14-29(21)22)23(32)28-25(34)31(24(27)33)26(3,4)5/h10-13,15,22H,6-9,14,16H2,1-5H3,(H,28,32,34)/t22-,27-/m0/s1. The number of nitrogens with one attached hydrogen (secondary N) is 1. The molecule has 0 aliphatic carbocycles. The zero-order chi connectivity index (χ0) is 24.4. The Hall–Kier alpha value is -3.09. The highest BCUT2D eigenvalue weighted by Gasteiger charge is 2.63. The number of aryl methyl sites for hydroxylation is 2. The van der Waals surface area contributed by atoms with Gasteiger partial charge in [0.05, 0.1) is 6.04 Å². The number of aromatic nitrogens is 1. The highest BCUT2D eigenvalue weighted by molar-refractivity contribution is 6.20. The number of barbiturate groups is 1. The summed E-state index contributed by atoms with van der Waals surface area (Å²) in [4.78, 5) is 44.2. The van der Waals surface area contributed by atoms with Crippen molar-refractivity contribution in [2.75, 3.05) is 11.4 Å².